The summed E-state index contributed by atoms with van der Waals surface area (Å²) in [5.41, 5.74) is 3.23. The quantitative estimate of drug-likeness (QED) is 0.280. The smallest absolute Gasteiger partial charge is 0.168 e. The van der Waals surface area contributed by atoms with Gasteiger partial charge in [0.15, 0.2) is 9.43 Å². The van der Waals surface area contributed by atoms with E-state index in [-0.39, 0.29) is 5.41 Å². The molecule has 0 saturated carbocycles. The molecule has 1 aliphatic carbocycles. The van der Waals surface area contributed by atoms with Crippen LogP contribution >= 0.6 is 34.4 Å². The van der Waals surface area contributed by atoms with E-state index in [1.54, 1.807) is 28.9 Å². The van der Waals surface area contributed by atoms with Crippen molar-refractivity contribution in [2.75, 3.05) is 0 Å². The minimum Gasteiger partial charge on any atom is -0.448 e. The average Bonchev–Trinajstić information content (AvgIpc) is 3.47. The summed E-state index contributed by atoms with van der Waals surface area (Å²) in [5.74, 6) is 1.32. The second-order valence-corrected chi connectivity index (χ2v) is 12.4. The van der Waals surface area contributed by atoms with Gasteiger partial charge in [-0.25, -0.2) is 9.98 Å². The minimum absolute atomic E-state index is 0.281. The van der Waals surface area contributed by atoms with Crippen LogP contribution in [0.3, 0.4) is 0 Å². The van der Waals surface area contributed by atoms with E-state index in [0.717, 1.165) is 44.8 Å². The summed E-state index contributed by atoms with van der Waals surface area (Å²) in [5, 5.41) is 11.3. The van der Waals surface area contributed by atoms with E-state index in [1.165, 1.54) is 26.9 Å². The third-order valence-electron chi connectivity index (χ3n) is 5.96. The van der Waals surface area contributed by atoms with Gasteiger partial charge in [-0.1, -0.05) is 32.9 Å². The molecule has 1 aliphatic rings. The van der Waals surface area contributed by atoms with Crippen LogP contribution in [-0.2, 0) is 12.8 Å². The maximum Gasteiger partial charge on any atom is 0.168 e. The summed E-state index contributed by atoms with van der Waals surface area (Å²) in [6.45, 7) is 6.92. The van der Waals surface area contributed by atoms with Gasteiger partial charge < -0.3 is 4.42 Å². The van der Waals surface area contributed by atoms with Gasteiger partial charge in [-0.05, 0) is 72.2 Å². The molecule has 4 aromatic rings. The van der Waals surface area contributed by atoms with E-state index in [0.29, 0.717) is 11.7 Å². The molecule has 0 fully saturated rings. The molecule has 3 heterocycles. The van der Waals surface area contributed by atoms with E-state index in [1.807, 2.05) is 30.3 Å². The van der Waals surface area contributed by atoms with Crippen LogP contribution in [0.4, 0.5) is 5.00 Å². The SMILES string of the molecule is CC(C)(C)[C@H]1CCc2c(sc(N=Cc3ccc(Sc4nc5ccccc5s4)o3)c2C#N)C1. The Bertz CT molecular complexity index is 1310. The average molecular weight is 478 g/mol. The predicted octanol–water partition coefficient (Wildman–Crippen LogP) is 7.88. The highest BCUT2D eigenvalue weighted by Crippen LogP contribution is 2.45. The number of rotatable bonds is 4. The standard InChI is InChI=1S/C25H23N3OS3/c1-25(2,3)15-8-10-17-18(13-26)23(30-21(17)12-15)27-14-16-9-11-22(29-16)32-24-28-19-6-4-5-7-20(19)31-24/h4-7,9,11,14-15H,8,10,12H2,1-3H3/t15-/m0/s1. The normalized spacial score (nSPS) is 16.5. The van der Waals surface area contributed by atoms with Crippen LogP contribution in [0.1, 0.15) is 49.0 Å². The highest BCUT2D eigenvalue weighted by atomic mass is 32.2. The van der Waals surface area contributed by atoms with Gasteiger partial charge in [0.25, 0.3) is 0 Å². The van der Waals surface area contributed by atoms with Crippen molar-refractivity contribution < 1.29 is 4.42 Å². The van der Waals surface area contributed by atoms with Crippen LogP contribution in [0.2, 0.25) is 0 Å². The Kier molecular flexibility index (Phi) is 5.70. The summed E-state index contributed by atoms with van der Waals surface area (Å²) in [4.78, 5) is 10.6. The van der Waals surface area contributed by atoms with Gasteiger partial charge in [0, 0.05) is 4.88 Å². The summed E-state index contributed by atoms with van der Waals surface area (Å²) in [7, 11) is 0. The van der Waals surface area contributed by atoms with Crippen LogP contribution in [0.15, 0.2) is 55.2 Å². The van der Waals surface area contributed by atoms with E-state index >= 15 is 0 Å². The third kappa shape index (κ3) is 4.27. The van der Waals surface area contributed by atoms with Crippen molar-refractivity contribution in [3.63, 3.8) is 0 Å². The van der Waals surface area contributed by atoms with Crippen molar-refractivity contribution in [1.29, 1.82) is 5.26 Å². The van der Waals surface area contributed by atoms with Crippen LogP contribution in [0, 0.1) is 22.7 Å². The first-order chi connectivity index (χ1) is 15.4. The fourth-order valence-electron chi connectivity index (χ4n) is 4.08. The van der Waals surface area contributed by atoms with Crippen molar-refractivity contribution in [1.82, 2.24) is 4.98 Å². The number of benzene rings is 1. The molecule has 3 aromatic heterocycles. The van der Waals surface area contributed by atoms with Crippen LogP contribution in [-0.4, -0.2) is 11.2 Å². The van der Waals surface area contributed by atoms with Gasteiger partial charge in [0.05, 0.1) is 22.0 Å². The summed E-state index contributed by atoms with van der Waals surface area (Å²) < 4.78 is 8.07. The number of hydrogen-bond donors (Lipinski definition) is 0. The van der Waals surface area contributed by atoms with Crippen LogP contribution < -0.4 is 0 Å². The van der Waals surface area contributed by atoms with Gasteiger partial charge in [0.1, 0.15) is 16.8 Å². The number of aliphatic imine (C=N–C) groups is 1. The van der Waals surface area contributed by atoms with Gasteiger partial charge in [-0.15, -0.1) is 22.7 Å². The Morgan fingerprint density at radius 3 is 2.84 bits per heavy atom. The van der Waals surface area contributed by atoms with Crippen LogP contribution in [0.25, 0.3) is 10.2 Å². The molecule has 0 radical (unpaired) electrons. The van der Waals surface area contributed by atoms with Gasteiger partial charge >= 0.3 is 0 Å². The molecule has 0 aliphatic heterocycles. The van der Waals surface area contributed by atoms with Crippen molar-refractivity contribution >= 4 is 55.9 Å². The first kappa shape index (κ1) is 21.4. The second kappa shape index (κ2) is 8.51. The van der Waals surface area contributed by atoms with E-state index in [9.17, 15) is 5.26 Å². The predicted molar refractivity (Wildman–Crippen MR) is 134 cm³/mol. The molecule has 0 amide bonds. The Balaban J connectivity index is 1.33. The molecule has 0 N–H and O–H groups in total. The number of hydrogen-bond acceptors (Lipinski definition) is 7. The number of nitriles is 1. The van der Waals surface area contributed by atoms with Gasteiger partial charge in [-0.3, -0.25) is 0 Å². The Morgan fingerprint density at radius 2 is 2.06 bits per heavy atom. The number of para-hydroxylation sites is 1. The molecular formula is C25H23N3OS3. The Morgan fingerprint density at radius 1 is 1.22 bits per heavy atom. The second-order valence-electron chi connectivity index (χ2n) is 9.07. The first-order valence-corrected chi connectivity index (χ1v) is 13.1. The van der Waals surface area contributed by atoms with Crippen LogP contribution in [0.5, 0.6) is 0 Å². The maximum absolute atomic E-state index is 9.76. The number of thiophene rings is 1. The minimum atomic E-state index is 0.281. The lowest BCUT2D eigenvalue weighted by molar-refractivity contribution is 0.218. The monoisotopic (exact) mass is 477 g/mol. The highest BCUT2D eigenvalue weighted by molar-refractivity contribution is 8.01. The third-order valence-corrected chi connectivity index (χ3v) is 9.14. The molecular weight excluding hydrogens is 454 g/mol. The molecule has 32 heavy (non-hydrogen) atoms. The largest absolute Gasteiger partial charge is 0.448 e. The zero-order valence-electron chi connectivity index (χ0n) is 18.2. The summed E-state index contributed by atoms with van der Waals surface area (Å²) in [6, 6.07) is 14.4. The van der Waals surface area contributed by atoms with Gasteiger partial charge in [-0.2, -0.15) is 5.26 Å². The summed E-state index contributed by atoms with van der Waals surface area (Å²) in [6.07, 6.45) is 4.87. The fourth-order valence-corrected chi connectivity index (χ4v) is 7.27. The molecule has 0 spiro atoms. The topological polar surface area (TPSA) is 62.2 Å². The number of furan rings is 1. The highest BCUT2D eigenvalue weighted by Gasteiger charge is 2.32. The molecule has 0 bridgehead atoms. The van der Waals surface area contributed by atoms with E-state index in [4.69, 9.17) is 4.42 Å². The molecule has 4 nitrogen and oxygen atoms in total. The fraction of sp³-hybridized carbons (Fsp3) is 0.320. The molecule has 0 unspecified atom stereocenters. The molecule has 5 rings (SSSR count). The molecule has 1 atom stereocenters. The zero-order chi connectivity index (χ0) is 22.3. The number of thiazole rings is 1. The van der Waals surface area contributed by atoms with Crippen molar-refractivity contribution in [3.8, 4) is 6.07 Å². The lowest BCUT2D eigenvalue weighted by Gasteiger charge is -2.33. The van der Waals surface area contributed by atoms with E-state index in [2.05, 4.69) is 42.9 Å². The molecule has 0 saturated heterocycles. The molecule has 1 aromatic carbocycles. The van der Waals surface area contributed by atoms with Crippen molar-refractivity contribution in [3.05, 3.63) is 58.2 Å². The lowest BCUT2D eigenvalue weighted by Crippen LogP contribution is -2.26. The number of fused-ring (bicyclic) bond motifs is 2. The Labute approximate surface area is 200 Å². The van der Waals surface area contributed by atoms with Gasteiger partial charge in [0.2, 0.25) is 0 Å². The van der Waals surface area contributed by atoms with Crippen molar-refractivity contribution in [2.24, 2.45) is 16.3 Å². The lowest BCUT2D eigenvalue weighted by atomic mass is 9.72. The van der Waals surface area contributed by atoms with Crippen molar-refractivity contribution in [2.45, 2.75) is 49.5 Å². The molecule has 162 valence electrons. The van der Waals surface area contributed by atoms with E-state index < -0.39 is 0 Å². The Hall–Kier alpha value is -2.40. The maximum atomic E-state index is 9.76. The summed E-state index contributed by atoms with van der Waals surface area (Å²) >= 11 is 4.84. The first-order valence-electron chi connectivity index (χ1n) is 10.6. The number of nitrogens with zero attached hydrogens (tertiary/aromatic N) is 3. The molecule has 7 heteroatoms. The zero-order valence-corrected chi connectivity index (χ0v) is 20.7. The number of aromatic nitrogens is 1.